The number of fused-ring (bicyclic) bond motifs is 5. The molecule has 1 aromatic heterocycles. The number of anilines is 1. The normalized spacial score (nSPS) is 24.2. The topological polar surface area (TPSA) is 95.4 Å². The van der Waals surface area contributed by atoms with E-state index >= 15 is 0 Å². The van der Waals surface area contributed by atoms with E-state index in [1.54, 1.807) is 33.5 Å². The maximum Gasteiger partial charge on any atom is 0.225 e. The molecule has 210 valence electrons. The third-order valence-electron chi connectivity index (χ3n) is 8.48. The number of aliphatic hydroxyl groups is 1. The SMILES string of the molecule is COc1ccc(C23Oc4cc(OC)cc(OC)c4C2(O)c2nc(N4CCOCC4)ncc2C3c2ccccc2)cc1. The van der Waals surface area contributed by atoms with Crippen LogP contribution < -0.4 is 23.8 Å². The van der Waals surface area contributed by atoms with E-state index in [-0.39, 0.29) is 0 Å². The molecule has 0 amide bonds. The van der Waals surface area contributed by atoms with E-state index < -0.39 is 17.1 Å². The summed E-state index contributed by atoms with van der Waals surface area (Å²) in [5.74, 6) is 2.26. The van der Waals surface area contributed by atoms with E-state index in [4.69, 9.17) is 33.7 Å². The van der Waals surface area contributed by atoms with Gasteiger partial charge in [0.15, 0.2) is 11.2 Å². The van der Waals surface area contributed by atoms with E-state index in [0.717, 1.165) is 16.7 Å². The first-order valence-corrected chi connectivity index (χ1v) is 13.6. The van der Waals surface area contributed by atoms with Gasteiger partial charge in [0.25, 0.3) is 0 Å². The molecule has 1 N–H and O–H groups in total. The third kappa shape index (κ3) is 3.55. The van der Waals surface area contributed by atoms with Gasteiger partial charge in [-0.15, -0.1) is 0 Å². The highest BCUT2D eigenvalue weighted by Gasteiger charge is 2.73. The second kappa shape index (κ2) is 9.64. The molecule has 7 rings (SSSR count). The van der Waals surface area contributed by atoms with Crippen molar-refractivity contribution in [2.75, 3.05) is 52.5 Å². The van der Waals surface area contributed by atoms with Crippen LogP contribution in [0.1, 0.15) is 33.9 Å². The summed E-state index contributed by atoms with van der Waals surface area (Å²) >= 11 is 0. The van der Waals surface area contributed by atoms with Gasteiger partial charge in [-0.3, -0.25) is 0 Å². The van der Waals surface area contributed by atoms with Gasteiger partial charge in [0.2, 0.25) is 5.95 Å². The lowest BCUT2D eigenvalue weighted by atomic mass is 9.70. The van der Waals surface area contributed by atoms with Crippen LogP contribution in [0.5, 0.6) is 23.0 Å². The first kappa shape index (κ1) is 25.6. The molecule has 0 radical (unpaired) electrons. The Balaban J connectivity index is 1.56. The molecule has 0 spiro atoms. The molecule has 0 bridgehead atoms. The zero-order valence-electron chi connectivity index (χ0n) is 23.2. The van der Waals surface area contributed by atoms with E-state index in [1.165, 1.54) is 0 Å². The minimum atomic E-state index is -1.74. The molecule has 9 nitrogen and oxygen atoms in total. The molecule has 9 heteroatoms. The van der Waals surface area contributed by atoms with Crippen LogP contribution in [0.25, 0.3) is 0 Å². The average molecular weight is 554 g/mol. The van der Waals surface area contributed by atoms with Crippen molar-refractivity contribution >= 4 is 5.95 Å². The van der Waals surface area contributed by atoms with Crippen LogP contribution in [0.3, 0.4) is 0 Å². The van der Waals surface area contributed by atoms with Crippen molar-refractivity contribution in [3.63, 3.8) is 0 Å². The summed E-state index contributed by atoms with van der Waals surface area (Å²) in [5, 5.41) is 13.4. The van der Waals surface area contributed by atoms with Gasteiger partial charge >= 0.3 is 0 Å². The van der Waals surface area contributed by atoms with E-state index in [9.17, 15) is 5.11 Å². The fraction of sp³-hybridized carbons (Fsp3) is 0.312. The molecule has 3 heterocycles. The molecule has 3 aliphatic rings. The predicted molar refractivity (Wildman–Crippen MR) is 151 cm³/mol. The molecule has 1 fully saturated rings. The molecule has 2 aliphatic heterocycles. The van der Waals surface area contributed by atoms with Gasteiger partial charge in [0.05, 0.1) is 51.7 Å². The van der Waals surface area contributed by atoms with Crippen molar-refractivity contribution in [3.05, 3.63) is 101 Å². The Morgan fingerprint density at radius 2 is 1.63 bits per heavy atom. The molecular formula is C32H31N3O6. The molecular weight excluding hydrogens is 522 g/mol. The number of benzene rings is 3. The number of methoxy groups -OCH3 is 3. The summed E-state index contributed by atoms with van der Waals surface area (Å²) in [6.45, 7) is 2.51. The second-order valence-corrected chi connectivity index (χ2v) is 10.4. The Labute approximate surface area is 238 Å². The van der Waals surface area contributed by atoms with Crippen molar-refractivity contribution in [1.82, 2.24) is 9.97 Å². The summed E-state index contributed by atoms with van der Waals surface area (Å²) < 4.78 is 29.6. The fourth-order valence-electron chi connectivity index (χ4n) is 6.63. The molecule has 3 atom stereocenters. The largest absolute Gasteiger partial charge is 0.497 e. The lowest BCUT2D eigenvalue weighted by Crippen LogP contribution is -2.49. The van der Waals surface area contributed by atoms with Crippen molar-refractivity contribution in [1.29, 1.82) is 0 Å². The highest BCUT2D eigenvalue weighted by Crippen LogP contribution is 2.70. The van der Waals surface area contributed by atoms with Crippen molar-refractivity contribution in [2.24, 2.45) is 0 Å². The molecule has 3 unspecified atom stereocenters. The number of aromatic nitrogens is 2. The van der Waals surface area contributed by atoms with Crippen LogP contribution >= 0.6 is 0 Å². The van der Waals surface area contributed by atoms with Crippen molar-refractivity contribution < 1.29 is 28.8 Å². The second-order valence-electron chi connectivity index (χ2n) is 10.4. The van der Waals surface area contributed by atoms with Crippen LogP contribution in [0.4, 0.5) is 5.95 Å². The molecule has 4 aromatic rings. The molecule has 3 aromatic carbocycles. The Kier molecular flexibility index (Phi) is 6.02. The number of hydrogen-bond donors (Lipinski definition) is 1. The van der Waals surface area contributed by atoms with E-state index in [1.807, 2.05) is 60.8 Å². The van der Waals surface area contributed by atoms with Crippen LogP contribution in [0, 0.1) is 0 Å². The maximum absolute atomic E-state index is 13.4. The Morgan fingerprint density at radius 3 is 2.32 bits per heavy atom. The molecule has 0 saturated carbocycles. The van der Waals surface area contributed by atoms with Gasteiger partial charge in [-0.05, 0) is 17.7 Å². The van der Waals surface area contributed by atoms with Crippen molar-refractivity contribution in [3.8, 4) is 23.0 Å². The summed E-state index contributed by atoms with van der Waals surface area (Å²) in [4.78, 5) is 12.0. The summed E-state index contributed by atoms with van der Waals surface area (Å²) in [7, 11) is 4.80. The maximum atomic E-state index is 13.4. The van der Waals surface area contributed by atoms with Crippen LogP contribution in [-0.2, 0) is 15.9 Å². The first-order chi connectivity index (χ1) is 20.0. The standard InChI is InChI=1S/C32H31N3O6/c1-37-22-11-9-21(10-12-22)32-27(20-7-5-4-6-8-20)24-19-33-30(35-13-15-40-16-14-35)34-29(24)31(32,36)28-25(39-3)17-23(38-2)18-26(28)41-32/h4-12,17-19,27,36H,13-16H2,1-3H3. The van der Waals surface area contributed by atoms with Gasteiger partial charge < -0.3 is 33.7 Å². The minimum Gasteiger partial charge on any atom is -0.497 e. The van der Waals surface area contributed by atoms with Gasteiger partial charge in [-0.25, -0.2) is 9.97 Å². The van der Waals surface area contributed by atoms with Crippen molar-refractivity contribution in [2.45, 2.75) is 17.1 Å². The Morgan fingerprint density at radius 1 is 0.902 bits per heavy atom. The highest BCUT2D eigenvalue weighted by molar-refractivity contribution is 5.69. The minimum absolute atomic E-state index is 0.448. The number of morpholine rings is 1. The van der Waals surface area contributed by atoms with Crippen LogP contribution in [-0.4, -0.2) is 62.7 Å². The predicted octanol–water partition coefficient (Wildman–Crippen LogP) is 4.01. The number of rotatable bonds is 6. The van der Waals surface area contributed by atoms with Gasteiger partial charge in [-0.2, -0.15) is 0 Å². The zero-order valence-corrected chi connectivity index (χ0v) is 23.2. The summed E-state index contributed by atoms with van der Waals surface area (Å²) in [6.07, 6.45) is 1.84. The van der Waals surface area contributed by atoms with Crippen LogP contribution in [0.15, 0.2) is 72.9 Å². The molecule has 41 heavy (non-hydrogen) atoms. The summed E-state index contributed by atoms with van der Waals surface area (Å²) in [5.41, 5.74) is 0.413. The highest BCUT2D eigenvalue weighted by atomic mass is 16.5. The van der Waals surface area contributed by atoms with Gasteiger partial charge in [0.1, 0.15) is 23.0 Å². The molecule has 1 saturated heterocycles. The van der Waals surface area contributed by atoms with Crippen LogP contribution in [0.2, 0.25) is 0 Å². The monoisotopic (exact) mass is 553 g/mol. The van der Waals surface area contributed by atoms with Gasteiger partial charge in [0, 0.05) is 42.5 Å². The summed E-state index contributed by atoms with van der Waals surface area (Å²) in [6, 6.07) is 21.3. The Bertz CT molecular complexity index is 1590. The number of hydrogen-bond acceptors (Lipinski definition) is 9. The van der Waals surface area contributed by atoms with E-state index in [0.29, 0.717) is 66.5 Å². The quantitative estimate of drug-likeness (QED) is 0.380. The Hall–Kier alpha value is -4.34. The fourth-order valence-corrected chi connectivity index (χ4v) is 6.63. The zero-order chi connectivity index (χ0) is 28.2. The number of nitrogens with zero attached hydrogens (tertiary/aromatic N) is 3. The molecule has 1 aliphatic carbocycles. The van der Waals surface area contributed by atoms with E-state index in [2.05, 4.69) is 4.90 Å². The number of ether oxygens (including phenoxy) is 5. The lowest BCUT2D eigenvalue weighted by Gasteiger charge is -2.40. The van der Waals surface area contributed by atoms with Gasteiger partial charge in [-0.1, -0.05) is 42.5 Å². The first-order valence-electron chi connectivity index (χ1n) is 13.6. The smallest absolute Gasteiger partial charge is 0.225 e. The lowest BCUT2D eigenvalue weighted by molar-refractivity contribution is -0.0909. The average Bonchev–Trinajstić information content (AvgIpc) is 3.43. The third-order valence-corrected chi connectivity index (χ3v) is 8.48.